The molecule has 0 atom stereocenters. The van der Waals surface area contributed by atoms with Crippen molar-refractivity contribution in [1.82, 2.24) is 0 Å². The first-order valence-electron chi connectivity index (χ1n) is 5.36. The van der Waals surface area contributed by atoms with Gasteiger partial charge in [0.1, 0.15) is 6.26 Å². The third-order valence-electron chi connectivity index (χ3n) is 2.25. The number of hydrogen-bond donors (Lipinski definition) is 2. The fourth-order valence-electron chi connectivity index (χ4n) is 1.47. The van der Waals surface area contributed by atoms with Crippen LogP contribution in [-0.2, 0) is 10.0 Å². The zero-order chi connectivity index (χ0) is 13.9. The average Bonchev–Trinajstić information content (AvgIpc) is 2.83. The standard InChI is InChI=1S/C12H12N2O4S/c1-19(16,17)14-11-5-3-2-4-10(11)13-12(15)9-6-7-18-8-9/h2-8,14H,1H3,(H,13,15). The predicted molar refractivity (Wildman–Crippen MR) is 71.6 cm³/mol. The summed E-state index contributed by atoms with van der Waals surface area (Å²) in [4.78, 5) is 11.8. The van der Waals surface area contributed by atoms with Crippen molar-refractivity contribution in [2.45, 2.75) is 0 Å². The van der Waals surface area contributed by atoms with Gasteiger partial charge in [-0.2, -0.15) is 0 Å². The number of hydrogen-bond acceptors (Lipinski definition) is 4. The van der Waals surface area contributed by atoms with Crippen LogP contribution < -0.4 is 10.0 Å². The monoisotopic (exact) mass is 280 g/mol. The molecule has 1 aromatic heterocycles. The second-order valence-corrected chi connectivity index (χ2v) is 5.63. The van der Waals surface area contributed by atoms with Crippen LogP contribution in [0.1, 0.15) is 10.4 Å². The molecule has 2 N–H and O–H groups in total. The molecule has 0 aliphatic heterocycles. The lowest BCUT2D eigenvalue weighted by atomic mass is 10.2. The maximum atomic E-state index is 11.8. The zero-order valence-electron chi connectivity index (χ0n) is 10.1. The summed E-state index contributed by atoms with van der Waals surface area (Å²) in [5, 5.41) is 2.61. The molecule has 1 heterocycles. The average molecular weight is 280 g/mol. The minimum Gasteiger partial charge on any atom is -0.472 e. The molecule has 1 amide bonds. The zero-order valence-corrected chi connectivity index (χ0v) is 10.9. The van der Waals surface area contributed by atoms with E-state index in [4.69, 9.17) is 4.42 Å². The van der Waals surface area contributed by atoms with Crippen molar-refractivity contribution in [3.8, 4) is 0 Å². The van der Waals surface area contributed by atoms with E-state index in [0.29, 0.717) is 16.9 Å². The fourth-order valence-corrected chi connectivity index (χ4v) is 2.05. The van der Waals surface area contributed by atoms with Crippen molar-refractivity contribution in [2.24, 2.45) is 0 Å². The van der Waals surface area contributed by atoms with E-state index in [-0.39, 0.29) is 5.91 Å². The van der Waals surface area contributed by atoms with E-state index < -0.39 is 10.0 Å². The molecule has 0 unspecified atom stereocenters. The highest BCUT2D eigenvalue weighted by Gasteiger charge is 2.11. The number of amides is 1. The Morgan fingerprint density at radius 3 is 2.42 bits per heavy atom. The maximum Gasteiger partial charge on any atom is 0.258 e. The van der Waals surface area contributed by atoms with Crippen LogP contribution in [0.2, 0.25) is 0 Å². The number of furan rings is 1. The van der Waals surface area contributed by atoms with Gasteiger partial charge in [-0.25, -0.2) is 8.42 Å². The molecule has 0 saturated heterocycles. The smallest absolute Gasteiger partial charge is 0.258 e. The Morgan fingerprint density at radius 2 is 1.84 bits per heavy atom. The molecule has 19 heavy (non-hydrogen) atoms. The van der Waals surface area contributed by atoms with Crippen molar-refractivity contribution >= 4 is 27.3 Å². The summed E-state index contributed by atoms with van der Waals surface area (Å²) in [5.41, 5.74) is 1.04. The van der Waals surface area contributed by atoms with Crippen molar-refractivity contribution in [3.63, 3.8) is 0 Å². The third kappa shape index (κ3) is 3.59. The van der Waals surface area contributed by atoms with Gasteiger partial charge in [0, 0.05) is 0 Å². The van der Waals surface area contributed by atoms with Crippen molar-refractivity contribution in [2.75, 3.05) is 16.3 Å². The molecular weight excluding hydrogens is 268 g/mol. The maximum absolute atomic E-state index is 11.8. The van der Waals surface area contributed by atoms with Gasteiger partial charge in [-0.1, -0.05) is 12.1 Å². The Labute approximate surface area is 110 Å². The van der Waals surface area contributed by atoms with Gasteiger partial charge in [0.15, 0.2) is 0 Å². The van der Waals surface area contributed by atoms with Gasteiger partial charge < -0.3 is 9.73 Å². The summed E-state index contributed by atoms with van der Waals surface area (Å²) in [5.74, 6) is -0.378. The summed E-state index contributed by atoms with van der Waals surface area (Å²) in [7, 11) is -3.41. The molecule has 7 heteroatoms. The first-order valence-corrected chi connectivity index (χ1v) is 7.25. The van der Waals surface area contributed by atoms with Crippen molar-refractivity contribution in [1.29, 1.82) is 0 Å². The second-order valence-electron chi connectivity index (χ2n) is 3.89. The largest absolute Gasteiger partial charge is 0.472 e. The van der Waals surface area contributed by atoms with Gasteiger partial charge in [0.2, 0.25) is 10.0 Å². The Morgan fingerprint density at radius 1 is 1.16 bits per heavy atom. The van der Waals surface area contributed by atoms with E-state index >= 15 is 0 Å². The molecule has 0 saturated carbocycles. The van der Waals surface area contributed by atoms with E-state index in [1.165, 1.54) is 18.6 Å². The summed E-state index contributed by atoms with van der Waals surface area (Å²) < 4.78 is 29.6. The Kier molecular flexibility index (Phi) is 3.57. The number of carbonyl (C=O) groups is 1. The van der Waals surface area contributed by atoms with Crippen LogP contribution in [0.25, 0.3) is 0 Å². The van der Waals surface area contributed by atoms with Crippen LogP contribution in [-0.4, -0.2) is 20.6 Å². The number of sulfonamides is 1. The van der Waals surface area contributed by atoms with Gasteiger partial charge >= 0.3 is 0 Å². The molecule has 0 aliphatic rings. The highest BCUT2D eigenvalue weighted by atomic mass is 32.2. The van der Waals surface area contributed by atoms with Crippen LogP contribution >= 0.6 is 0 Å². The lowest BCUT2D eigenvalue weighted by Crippen LogP contribution is -2.15. The SMILES string of the molecule is CS(=O)(=O)Nc1ccccc1NC(=O)c1ccoc1. The minimum atomic E-state index is -3.41. The third-order valence-corrected chi connectivity index (χ3v) is 2.84. The van der Waals surface area contributed by atoms with Crippen LogP contribution in [0.15, 0.2) is 47.3 Å². The summed E-state index contributed by atoms with van der Waals surface area (Å²) in [6, 6.07) is 8.04. The van der Waals surface area contributed by atoms with Crippen LogP contribution in [0.5, 0.6) is 0 Å². The summed E-state index contributed by atoms with van der Waals surface area (Å²) in [6.07, 6.45) is 3.74. The van der Waals surface area contributed by atoms with E-state index in [9.17, 15) is 13.2 Å². The Balaban J connectivity index is 2.23. The number of carbonyl (C=O) groups excluding carboxylic acids is 1. The fraction of sp³-hybridized carbons (Fsp3) is 0.0833. The van der Waals surface area contributed by atoms with E-state index in [1.54, 1.807) is 24.3 Å². The number of rotatable bonds is 4. The van der Waals surface area contributed by atoms with Gasteiger partial charge in [0.25, 0.3) is 5.91 Å². The molecule has 0 bridgehead atoms. The molecule has 2 rings (SSSR count). The van der Waals surface area contributed by atoms with Gasteiger partial charge in [-0.3, -0.25) is 9.52 Å². The minimum absolute atomic E-state index is 0.307. The quantitative estimate of drug-likeness (QED) is 0.895. The molecule has 0 radical (unpaired) electrons. The second kappa shape index (κ2) is 5.15. The Bertz CT molecular complexity index is 678. The summed E-state index contributed by atoms with van der Waals surface area (Å²) >= 11 is 0. The van der Waals surface area contributed by atoms with Crippen LogP contribution in [0.3, 0.4) is 0 Å². The van der Waals surface area contributed by atoms with Crippen molar-refractivity contribution in [3.05, 3.63) is 48.4 Å². The highest BCUT2D eigenvalue weighted by molar-refractivity contribution is 7.92. The molecule has 0 aliphatic carbocycles. The number of anilines is 2. The van der Waals surface area contributed by atoms with E-state index in [1.807, 2.05) is 0 Å². The molecule has 0 spiro atoms. The summed E-state index contributed by atoms with van der Waals surface area (Å²) in [6.45, 7) is 0. The Hall–Kier alpha value is -2.28. The molecule has 2 aromatic rings. The predicted octanol–water partition coefficient (Wildman–Crippen LogP) is 1.90. The topological polar surface area (TPSA) is 88.4 Å². The number of nitrogens with one attached hydrogen (secondary N) is 2. The molecular formula is C12H12N2O4S. The molecule has 1 aromatic carbocycles. The van der Waals surface area contributed by atoms with Crippen LogP contribution in [0, 0.1) is 0 Å². The number of para-hydroxylation sites is 2. The van der Waals surface area contributed by atoms with Crippen molar-refractivity contribution < 1.29 is 17.6 Å². The van der Waals surface area contributed by atoms with Gasteiger partial charge in [-0.15, -0.1) is 0 Å². The first kappa shape index (κ1) is 13.2. The lowest BCUT2D eigenvalue weighted by molar-refractivity contribution is 0.102. The normalized spacial score (nSPS) is 11.0. The van der Waals surface area contributed by atoms with E-state index in [2.05, 4.69) is 10.0 Å². The van der Waals surface area contributed by atoms with Gasteiger partial charge in [0.05, 0.1) is 29.5 Å². The highest BCUT2D eigenvalue weighted by Crippen LogP contribution is 2.22. The number of benzene rings is 1. The first-order chi connectivity index (χ1) is 8.96. The molecule has 6 nitrogen and oxygen atoms in total. The van der Waals surface area contributed by atoms with Crippen LogP contribution in [0.4, 0.5) is 11.4 Å². The van der Waals surface area contributed by atoms with Gasteiger partial charge in [-0.05, 0) is 18.2 Å². The molecule has 100 valence electrons. The lowest BCUT2D eigenvalue weighted by Gasteiger charge is -2.11. The molecule has 0 fully saturated rings. The van der Waals surface area contributed by atoms with E-state index in [0.717, 1.165) is 6.26 Å².